The third-order valence-electron chi connectivity index (χ3n) is 4.43. The van der Waals surface area contributed by atoms with Crippen LogP contribution in [-0.2, 0) is 21.4 Å². The van der Waals surface area contributed by atoms with Gasteiger partial charge in [-0.2, -0.15) is 0 Å². The van der Waals surface area contributed by atoms with Crippen LogP contribution in [0, 0.1) is 6.92 Å². The molecule has 0 heterocycles. The molecule has 0 atom stereocenters. The van der Waals surface area contributed by atoms with Crippen LogP contribution in [-0.4, -0.2) is 27.1 Å². The number of hydrogen-bond acceptors (Lipinski definition) is 3. The lowest BCUT2D eigenvalue weighted by Gasteiger charge is -2.24. The Balaban J connectivity index is 1.74. The minimum atomic E-state index is -3.65. The number of carbonyl (C=O) groups is 1. The maximum atomic E-state index is 12.5. The summed E-state index contributed by atoms with van der Waals surface area (Å²) in [5.41, 5.74) is 2.06. The summed E-state index contributed by atoms with van der Waals surface area (Å²) in [4.78, 5) is 12.5. The molecule has 0 unspecified atom stereocenters. The number of aryl methyl sites for hydroxylation is 1. The third-order valence-corrected chi connectivity index (χ3v) is 5.79. The van der Waals surface area contributed by atoms with Crippen molar-refractivity contribution in [2.75, 3.05) is 17.1 Å². The number of nitrogens with one attached hydrogen (secondary N) is 1. The van der Waals surface area contributed by atoms with Crippen molar-refractivity contribution in [3.05, 3.63) is 76.8 Å². The summed E-state index contributed by atoms with van der Waals surface area (Å²) in [6, 6.07) is 18.9. The second-order valence-corrected chi connectivity index (χ2v) is 9.00. The first-order valence-electron chi connectivity index (χ1n) is 8.72. The molecule has 1 amide bonds. The largest absolute Gasteiger partial charge is 0.350 e. The zero-order chi connectivity index (χ0) is 20.3. The highest BCUT2D eigenvalue weighted by molar-refractivity contribution is 7.92. The molecule has 0 saturated heterocycles. The van der Waals surface area contributed by atoms with Crippen molar-refractivity contribution in [2.24, 2.45) is 0 Å². The van der Waals surface area contributed by atoms with E-state index < -0.39 is 15.9 Å². The quantitative estimate of drug-likeness (QED) is 0.663. The Labute approximate surface area is 170 Å². The van der Waals surface area contributed by atoms with Gasteiger partial charge in [-0.3, -0.25) is 9.10 Å². The monoisotopic (exact) mass is 416 g/mol. The van der Waals surface area contributed by atoms with E-state index in [4.69, 9.17) is 11.6 Å². The van der Waals surface area contributed by atoms with Crippen LogP contribution in [0.2, 0.25) is 5.02 Å². The molecular weight excluding hydrogens is 396 g/mol. The van der Waals surface area contributed by atoms with Crippen molar-refractivity contribution >= 4 is 44.0 Å². The second kappa shape index (κ2) is 8.20. The maximum absolute atomic E-state index is 12.5. The van der Waals surface area contributed by atoms with E-state index in [9.17, 15) is 13.2 Å². The summed E-state index contributed by atoms with van der Waals surface area (Å²) < 4.78 is 25.6. The molecule has 3 aromatic carbocycles. The lowest BCUT2D eigenvalue weighted by molar-refractivity contribution is -0.119. The average molecular weight is 417 g/mol. The number of rotatable bonds is 6. The van der Waals surface area contributed by atoms with Gasteiger partial charge in [-0.25, -0.2) is 8.42 Å². The molecule has 7 heteroatoms. The van der Waals surface area contributed by atoms with Crippen LogP contribution in [0.5, 0.6) is 0 Å². The molecule has 146 valence electrons. The van der Waals surface area contributed by atoms with Gasteiger partial charge in [-0.05, 0) is 47.0 Å². The number of halogens is 1. The van der Waals surface area contributed by atoms with Crippen LogP contribution < -0.4 is 9.62 Å². The number of sulfonamides is 1. The van der Waals surface area contributed by atoms with E-state index in [-0.39, 0.29) is 6.54 Å². The van der Waals surface area contributed by atoms with Gasteiger partial charge >= 0.3 is 0 Å². The first-order chi connectivity index (χ1) is 13.2. The minimum absolute atomic E-state index is 0.312. The number of hydrogen-bond donors (Lipinski definition) is 1. The number of fused-ring (bicyclic) bond motifs is 1. The van der Waals surface area contributed by atoms with Crippen molar-refractivity contribution in [3.8, 4) is 0 Å². The highest BCUT2D eigenvalue weighted by Crippen LogP contribution is 2.26. The Morgan fingerprint density at radius 1 is 1.04 bits per heavy atom. The van der Waals surface area contributed by atoms with Gasteiger partial charge in [-0.1, -0.05) is 54.1 Å². The van der Waals surface area contributed by atoms with Gasteiger partial charge in [-0.15, -0.1) is 0 Å². The van der Waals surface area contributed by atoms with E-state index in [0.717, 1.165) is 32.5 Å². The number of amides is 1. The maximum Gasteiger partial charge on any atom is 0.241 e. The Morgan fingerprint density at radius 3 is 2.46 bits per heavy atom. The van der Waals surface area contributed by atoms with Crippen molar-refractivity contribution < 1.29 is 13.2 Å². The Kier molecular flexibility index (Phi) is 5.91. The molecule has 0 aliphatic carbocycles. The number of nitrogens with zero attached hydrogens (tertiary/aromatic N) is 1. The smallest absolute Gasteiger partial charge is 0.241 e. The van der Waals surface area contributed by atoms with Crippen LogP contribution in [0.3, 0.4) is 0 Å². The predicted molar refractivity (Wildman–Crippen MR) is 114 cm³/mol. The highest BCUT2D eigenvalue weighted by atomic mass is 35.5. The van der Waals surface area contributed by atoms with Gasteiger partial charge in [0.25, 0.3) is 0 Å². The van der Waals surface area contributed by atoms with Crippen molar-refractivity contribution in [3.63, 3.8) is 0 Å². The fourth-order valence-electron chi connectivity index (χ4n) is 2.97. The van der Waals surface area contributed by atoms with E-state index >= 15 is 0 Å². The summed E-state index contributed by atoms with van der Waals surface area (Å²) >= 11 is 6.01. The predicted octanol–water partition coefficient (Wildman–Crippen LogP) is 3.88. The molecule has 0 saturated carbocycles. The van der Waals surface area contributed by atoms with Gasteiger partial charge in [0.15, 0.2) is 0 Å². The SMILES string of the molecule is Cc1ccc(Cl)cc1N(CC(=O)NCc1ccc2ccccc2c1)S(C)(=O)=O. The molecule has 0 aliphatic heterocycles. The fourth-order valence-corrected chi connectivity index (χ4v) is 4.04. The summed E-state index contributed by atoms with van der Waals surface area (Å²) in [5.74, 6) is -0.391. The molecule has 0 bridgehead atoms. The Bertz CT molecular complexity index is 1130. The summed E-state index contributed by atoms with van der Waals surface area (Å²) in [5, 5.41) is 5.41. The molecule has 1 N–H and O–H groups in total. The lowest BCUT2D eigenvalue weighted by Crippen LogP contribution is -2.40. The molecule has 3 rings (SSSR count). The topological polar surface area (TPSA) is 66.5 Å². The normalized spacial score (nSPS) is 11.4. The van der Waals surface area contributed by atoms with Crippen LogP contribution in [0.25, 0.3) is 10.8 Å². The van der Waals surface area contributed by atoms with Gasteiger partial charge in [0.05, 0.1) is 11.9 Å². The van der Waals surface area contributed by atoms with Gasteiger partial charge in [0, 0.05) is 11.6 Å². The Morgan fingerprint density at radius 2 is 1.75 bits per heavy atom. The van der Waals surface area contributed by atoms with Gasteiger partial charge in [0.2, 0.25) is 15.9 Å². The molecule has 3 aromatic rings. The van der Waals surface area contributed by atoms with Crippen molar-refractivity contribution in [2.45, 2.75) is 13.5 Å². The lowest BCUT2D eigenvalue weighted by atomic mass is 10.1. The molecular formula is C21H21ClN2O3S. The molecule has 0 aromatic heterocycles. The molecule has 0 fully saturated rings. The summed E-state index contributed by atoms with van der Waals surface area (Å²) in [7, 11) is -3.65. The number of carbonyl (C=O) groups excluding carboxylic acids is 1. The van der Waals surface area contributed by atoms with Crippen molar-refractivity contribution in [1.82, 2.24) is 5.32 Å². The molecule has 0 radical (unpaired) electrons. The van der Waals surface area contributed by atoms with E-state index in [1.807, 2.05) is 42.5 Å². The fraction of sp³-hybridized carbons (Fsp3) is 0.190. The number of anilines is 1. The third kappa shape index (κ3) is 4.82. The standard InChI is InChI=1S/C21H21ClN2O3S/c1-15-7-10-19(22)12-20(15)24(28(2,26)27)14-21(25)23-13-16-8-9-17-5-3-4-6-18(17)11-16/h3-12H,13-14H2,1-2H3,(H,23,25). The van der Waals surface area contributed by atoms with Crippen LogP contribution in [0.4, 0.5) is 5.69 Å². The summed E-state index contributed by atoms with van der Waals surface area (Å²) in [6.07, 6.45) is 1.07. The van der Waals surface area contributed by atoms with E-state index in [1.54, 1.807) is 25.1 Å². The summed E-state index contributed by atoms with van der Waals surface area (Å²) in [6.45, 7) is 1.78. The molecule has 0 spiro atoms. The van der Waals surface area contributed by atoms with E-state index in [0.29, 0.717) is 17.3 Å². The highest BCUT2D eigenvalue weighted by Gasteiger charge is 2.22. The van der Waals surface area contributed by atoms with E-state index in [2.05, 4.69) is 5.32 Å². The second-order valence-electron chi connectivity index (χ2n) is 6.66. The van der Waals surface area contributed by atoms with E-state index in [1.165, 1.54) is 0 Å². The Hall–Kier alpha value is -2.57. The zero-order valence-corrected chi connectivity index (χ0v) is 17.2. The zero-order valence-electron chi connectivity index (χ0n) is 15.6. The van der Waals surface area contributed by atoms with Crippen LogP contribution >= 0.6 is 11.6 Å². The average Bonchev–Trinajstić information content (AvgIpc) is 2.65. The van der Waals surface area contributed by atoms with Gasteiger partial charge in [0.1, 0.15) is 6.54 Å². The minimum Gasteiger partial charge on any atom is -0.350 e. The number of benzene rings is 3. The van der Waals surface area contributed by atoms with Gasteiger partial charge < -0.3 is 5.32 Å². The first-order valence-corrected chi connectivity index (χ1v) is 10.9. The van der Waals surface area contributed by atoms with Crippen LogP contribution in [0.15, 0.2) is 60.7 Å². The first kappa shape index (κ1) is 20.2. The molecule has 5 nitrogen and oxygen atoms in total. The molecule has 28 heavy (non-hydrogen) atoms. The van der Waals surface area contributed by atoms with Crippen molar-refractivity contribution in [1.29, 1.82) is 0 Å². The van der Waals surface area contributed by atoms with Crippen LogP contribution in [0.1, 0.15) is 11.1 Å². The molecule has 0 aliphatic rings.